The largest absolute Gasteiger partial charge is 0.291 e. The van der Waals surface area contributed by atoms with Gasteiger partial charge in [0, 0.05) is 12.3 Å². The Bertz CT molecular complexity index is 161. The van der Waals surface area contributed by atoms with Gasteiger partial charge < -0.3 is 0 Å². The van der Waals surface area contributed by atoms with Crippen molar-refractivity contribution in [2.75, 3.05) is 0 Å². The van der Waals surface area contributed by atoms with Crippen molar-refractivity contribution in [3.63, 3.8) is 0 Å². The van der Waals surface area contributed by atoms with Crippen LogP contribution in [0.2, 0.25) is 0 Å². The van der Waals surface area contributed by atoms with E-state index in [1.54, 1.807) is 0 Å². The second-order valence-corrected chi connectivity index (χ2v) is 2.78. The lowest BCUT2D eigenvalue weighted by Crippen LogP contribution is -2.27. The number of Topliss-reactive ketones (excluding diaryl/α,β-unsaturated/α-hetero) is 2. The van der Waals surface area contributed by atoms with E-state index in [4.69, 9.17) is 0 Å². The summed E-state index contributed by atoms with van der Waals surface area (Å²) in [6.45, 7) is 1.96. The number of ketones is 2. The van der Waals surface area contributed by atoms with Crippen LogP contribution in [0.1, 0.15) is 32.6 Å². The van der Waals surface area contributed by atoms with Gasteiger partial charge in [-0.1, -0.05) is 6.92 Å². The summed E-state index contributed by atoms with van der Waals surface area (Å²) >= 11 is 0. The average Bonchev–Trinajstić information content (AvgIpc) is 1.95. The van der Waals surface area contributed by atoms with Crippen molar-refractivity contribution < 1.29 is 9.59 Å². The molecule has 0 spiro atoms. The first-order chi connectivity index (χ1) is 4.75. The van der Waals surface area contributed by atoms with Crippen LogP contribution in [0.25, 0.3) is 0 Å². The predicted octanol–water partition coefficient (Wildman–Crippen LogP) is 1.33. The lowest BCUT2D eigenvalue weighted by Gasteiger charge is -2.16. The minimum absolute atomic E-state index is 0.0428. The predicted molar refractivity (Wildman–Crippen MR) is 37.6 cm³/mol. The van der Waals surface area contributed by atoms with Gasteiger partial charge >= 0.3 is 0 Å². The molecule has 1 aliphatic carbocycles. The van der Waals surface area contributed by atoms with E-state index in [2.05, 4.69) is 0 Å². The fourth-order valence-corrected chi connectivity index (χ4v) is 1.38. The molecule has 0 amide bonds. The van der Waals surface area contributed by atoms with Crippen LogP contribution in [0.4, 0.5) is 0 Å². The molecule has 2 heteroatoms. The molecular formula is C8H12O2. The van der Waals surface area contributed by atoms with E-state index in [-0.39, 0.29) is 17.5 Å². The molecule has 0 aromatic carbocycles. The summed E-state index contributed by atoms with van der Waals surface area (Å²) in [5.74, 6) is -0.242. The van der Waals surface area contributed by atoms with Gasteiger partial charge in [-0.15, -0.1) is 0 Å². The Morgan fingerprint density at radius 1 is 1.50 bits per heavy atom. The van der Waals surface area contributed by atoms with Gasteiger partial charge in [-0.05, 0) is 19.3 Å². The molecule has 10 heavy (non-hydrogen) atoms. The van der Waals surface area contributed by atoms with Crippen LogP contribution >= 0.6 is 0 Å². The SMILES string of the molecule is CCC1CCCC(=O)C1=O. The Kier molecular flexibility index (Phi) is 2.20. The molecule has 1 rings (SSSR count). The number of hydrogen-bond donors (Lipinski definition) is 0. The van der Waals surface area contributed by atoms with Crippen molar-refractivity contribution in [2.24, 2.45) is 5.92 Å². The summed E-state index contributed by atoms with van der Waals surface area (Å²) in [7, 11) is 0. The quantitative estimate of drug-likeness (QED) is 0.515. The van der Waals surface area contributed by atoms with Crippen molar-refractivity contribution in [3.05, 3.63) is 0 Å². The molecule has 0 saturated heterocycles. The Morgan fingerprint density at radius 3 is 2.70 bits per heavy atom. The first-order valence-corrected chi connectivity index (χ1v) is 3.82. The zero-order valence-corrected chi connectivity index (χ0v) is 6.22. The van der Waals surface area contributed by atoms with E-state index in [1.165, 1.54) is 0 Å². The Morgan fingerprint density at radius 2 is 2.20 bits per heavy atom. The molecule has 1 saturated carbocycles. The van der Waals surface area contributed by atoms with E-state index in [0.717, 1.165) is 19.3 Å². The highest BCUT2D eigenvalue weighted by molar-refractivity contribution is 6.38. The van der Waals surface area contributed by atoms with E-state index >= 15 is 0 Å². The number of hydrogen-bond acceptors (Lipinski definition) is 2. The molecule has 0 heterocycles. The second kappa shape index (κ2) is 2.95. The normalized spacial score (nSPS) is 27.1. The molecule has 0 N–H and O–H groups in total. The molecule has 0 radical (unpaired) electrons. The van der Waals surface area contributed by atoms with Crippen LogP contribution in [-0.2, 0) is 9.59 Å². The van der Waals surface area contributed by atoms with Crippen LogP contribution in [0.3, 0.4) is 0 Å². The van der Waals surface area contributed by atoms with Gasteiger partial charge in [-0.25, -0.2) is 0 Å². The lowest BCUT2D eigenvalue weighted by atomic mass is 9.85. The van der Waals surface area contributed by atoms with Gasteiger partial charge in [0.1, 0.15) is 0 Å². The number of carbonyl (C=O) groups is 2. The topological polar surface area (TPSA) is 34.1 Å². The van der Waals surface area contributed by atoms with Crippen LogP contribution < -0.4 is 0 Å². The van der Waals surface area contributed by atoms with Crippen LogP contribution in [0.15, 0.2) is 0 Å². The second-order valence-electron chi connectivity index (χ2n) is 2.78. The molecule has 0 aromatic rings. The minimum Gasteiger partial charge on any atom is -0.291 e. The highest BCUT2D eigenvalue weighted by Crippen LogP contribution is 2.20. The molecule has 0 bridgehead atoms. The van der Waals surface area contributed by atoms with Crippen LogP contribution in [-0.4, -0.2) is 11.6 Å². The van der Waals surface area contributed by atoms with Crippen molar-refractivity contribution in [3.8, 4) is 0 Å². The molecule has 0 aromatic heterocycles. The maximum Gasteiger partial charge on any atom is 0.201 e. The van der Waals surface area contributed by atoms with Crippen molar-refractivity contribution in [1.82, 2.24) is 0 Å². The highest BCUT2D eigenvalue weighted by Gasteiger charge is 2.27. The van der Waals surface area contributed by atoms with Gasteiger partial charge in [0.15, 0.2) is 5.78 Å². The van der Waals surface area contributed by atoms with Crippen LogP contribution in [0, 0.1) is 5.92 Å². The molecule has 1 unspecified atom stereocenters. The van der Waals surface area contributed by atoms with Gasteiger partial charge in [0.05, 0.1) is 0 Å². The van der Waals surface area contributed by atoms with Crippen molar-refractivity contribution in [2.45, 2.75) is 32.6 Å². The van der Waals surface area contributed by atoms with E-state index in [9.17, 15) is 9.59 Å². The first-order valence-electron chi connectivity index (χ1n) is 3.82. The third-order valence-corrected chi connectivity index (χ3v) is 2.09. The van der Waals surface area contributed by atoms with E-state index in [1.807, 2.05) is 6.92 Å². The maximum absolute atomic E-state index is 11.0. The number of rotatable bonds is 1. The third kappa shape index (κ3) is 1.25. The van der Waals surface area contributed by atoms with Gasteiger partial charge in [-0.3, -0.25) is 9.59 Å². The fraction of sp³-hybridized carbons (Fsp3) is 0.750. The molecule has 1 atom stereocenters. The monoisotopic (exact) mass is 140 g/mol. The smallest absolute Gasteiger partial charge is 0.201 e. The fourth-order valence-electron chi connectivity index (χ4n) is 1.38. The Balaban J connectivity index is 2.60. The summed E-state index contributed by atoms with van der Waals surface area (Å²) in [6, 6.07) is 0. The highest BCUT2D eigenvalue weighted by atomic mass is 16.2. The van der Waals surface area contributed by atoms with Crippen molar-refractivity contribution in [1.29, 1.82) is 0 Å². The maximum atomic E-state index is 11.0. The lowest BCUT2D eigenvalue weighted by molar-refractivity contribution is -0.140. The minimum atomic E-state index is -0.155. The molecule has 56 valence electrons. The Hall–Kier alpha value is -0.660. The Labute approximate surface area is 60.6 Å². The zero-order valence-electron chi connectivity index (χ0n) is 6.22. The van der Waals surface area contributed by atoms with Crippen molar-refractivity contribution >= 4 is 11.6 Å². The molecule has 1 fully saturated rings. The van der Waals surface area contributed by atoms with E-state index < -0.39 is 0 Å². The zero-order chi connectivity index (χ0) is 7.56. The summed E-state index contributed by atoms with van der Waals surface area (Å²) in [6.07, 6.45) is 3.13. The van der Waals surface area contributed by atoms with Gasteiger partial charge in [-0.2, -0.15) is 0 Å². The summed E-state index contributed by atoms with van der Waals surface area (Å²) < 4.78 is 0. The molecule has 1 aliphatic rings. The van der Waals surface area contributed by atoms with Crippen LogP contribution in [0.5, 0.6) is 0 Å². The summed E-state index contributed by atoms with van der Waals surface area (Å²) in [5.41, 5.74) is 0. The molecule has 0 aliphatic heterocycles. The van der Waals surface area contributed by atoms with E-state index in [0.29, 0.717) is 6.42 Å². The number of carbonyl (C=O) groups excluding carboxylic acids is 2. The van der Waals surface area contributed by atoms with Gasteiger partial charge in [0.2, 0.25) is 5.78 Å². The standard InChI is InChI=1S/C8H12O2/c1-2-6-4-3-5-7(9)8(6)10/h6H,2-5H2,1H3. The molecule has 2 nitrogen and oxygen atoms in total. The summed E-state index contributed by atoms with van der Waals surface area (Å²) in [5, 5.41) is 0. The first kappa shape index (κ1) is 7.45. The molecular weight excluding hydrogens is 128 g/mol. The summed E-state index contributed by atoms with van der Waals surface area (Å²) in [4.78, 5) is 21.8. The average molecular weight is 140 g/mol. The van der Waals surface area contributed by atoms with Gasteiger partial charge in [0.25, 0.3) is 0 Å². The third-order valence-electron chi connectivity index (χ3n) is 2.09.